The van der Waals surface area contributed by atoms with Gasteiger partial charge in [-0.15, -0.1) is 6.42 Å². The number of rotatable bonds is 6. The molecule has 22 heavy (non-hydrogen) atoms. The van der Waals surface area contributed by atoms with Crippen molar-refractivity contribution in [2.45, 2.75) is 26.2 Å². The molecule has 0 aliphatic carbocycles. The Kier molecular flexibility index (Phi) is 5.71. The number of hydrogen-bond acceptors (Lipinski definition) is 3. The zero-order valence-corrected chi connectivity index (χ0v) is 13.2. The number of hydrogen-bond donors (Lipinski definition) is 1. The summed E-state index contributed by atoms with van der Waals surface area (Å²) in [6.45, 7) is 4.77. The summed E-state index contributed by atoms with van der Waals surface area (Å²) in [6.07, 6.45) is 9.24. The molecule has 0 aromatic heterocycles. The second kappa shape index (κ2) is 7.74. The predicted octanol–water partition coefficient (Wildman–Crippen LogP) is 2.84. The Morgan fingerprint density at radius 3 is 2.50 bits per heavy atom. The Labute approximate surface area is 132 Å². The van der Waals surface area contributed by atoms with Gasteiger partial charge >= 0.3 is 5.97 Å². The minimum Gasteiger partial charge on any atom is -0.481 e. The van der Waals surface area contributed by atoms with Gasteiger partial charge in [-0.25, -0.2) is 0 Å². The zero-order valence-electron chi connectivity index (χ0n) is 13.2. The lowest BCUT2D eigenvalue weighted by molar-refractivity contribution is -0.140. The average molecular weight is 300 g/mol. The minimum atomic E-state index is -0.799. The van der Waals surface area contributed by atoms with E-state index in [4.69, 9.17) is 11.5 Å². The predicted molar refractivity (Wildman–Crippen MR) is 90.4 cm³/mol. The third kappa shape index (κ3) is 4.17. The molecular weight excluding hydrogens is 276 g/mol. The highest BCUT2D eigenvalue weighted by molar-refractivity contribution is 5.70. The van der Waals surface area contributed by atoms with E-state index in [0.717, 1.165) is 18.8 Å². The van der Waals surface area contributed by atoms with E-state index in [0.29, 0.717) is 13.1 Å². The summed E-state index contributed by atoms with van der Waals surface area (Å²) >= 11 is 0. The van der Waals surface area contributed by atoms with Crippen molar-refractivity contribution >= 4 is 17.3 Å². The summed E-state index contributed by atoms with van der Waals surface area (Å²) < 4.78 is 0. The lowest BCUT2D eigenvalue weighted by atomic mass is 10.1. The van der Waals surface area contributed by atoms with Crippen molar-refractivity contribution in [3.63, 3.8) is 0 Å². The van der Waals surface area contributed by atoms with Crippen molar-refractivity contribution in [1.82, 2.24) is 0 Å². The van der Waals surface area contributed by atoms with Crippen LogP contribution in [0, 0.1) is 18.3 Å². The summed E-state index contributed by atoms with van der Waals surface area (Å²) in [6, 6.07) is 8.29. The Morgan fingerprint density at radius 1 is 1.32 bits per heavy atom. The van der Waals surface area contributed by atoms with Gasteiger partial charge in [0.05, 0.1) is 12.5 Å². The van der Waals surface area contributed by atoms with Gasteiger partial charge in [-0.05, 0) is 43.5 Å². The van der Waals surface area contributed by atoms with Crippen molar-refractivity contribution in [1.29, 1.82) is 0 Å². The number of carboxylic acids is 1. The molecule has 1 atom stereocenters. The van der Waals surface area contributed by atoms with Crippen LogP contribution in [0.15, 0.2) is 24.3 Å². The minimum absolute atomic E-state index is 0.417. The van der Waals surface area contributed by atoms with Crippen LogP contribution in [-0.2, 0) is 4.79 Å². The number of terminal acetylenes is 1. The molecule has 0 bridgehead atoms. The second-order valence-corrected chi connectivity index (χ2v) is 5.89. The Balaban J connectivity index is 2.08. The number of aliphatic carboxylic acids is 1. The van der Waals surface area contributed by atoms with Crippen molar-refractivity contribution in [3.05, 3.63) is 24.3 Å². The van der Waals surface area contributed by atoms with E-state index in [2.05, 4.69) is 23.0 Å². The van der Waals surface area contributed by atoms with Crippen LogP contribution < -0.4 is 9.80 Å². The topological polar surface area (TPSA) is 43.8 Å². The molecule has 0 amide bonds. The molecule has 1 fully saturated rings. The number of anilines is 2. The third-order valence-electron chi connectivity index (χ3n) is 4.13. The molecule has 4 nitrogen and oxygen atoms in total. The quantitative estimate of drug-likeness (QED) is 0.821. The van der Waals surface area contributed by atoms with E-state index in [9.17, 15) is 4.79 Å². The van der Waals surface area contributed by atoms with Crippen molar-refractivity contribution < 1.29 is 9.90 Å². The van der Waals surface area contributed by atoms with E-state index in [-0.39, 0.29) is 0 Å². The van der Waals surface area contributed by atoms with Crippen LogP contribution in [0.5, 0.6) is 0 Å². The summed E-state index contributed by atoms with van der Waals surface area (Å²) in [5.74, 6) is 1.36. The lowest BCUT2D eigenvalue weighted by Gasteiger charge is -2.30. The van der Waals surface area contributed by atoms with E-state index >= 15 is 0 Å². The van der Waals surface area contributed by atoms with Gasteiger partial charge in [-0.2, -0.15) is 0 Å². The van der Waals surface area contributed by atoms with Crippen LogP contribution in [0.2, 0.25) is 0 Å². The molecule has 1 unspecified atom stereocenters. The molecule has 1 N–H and O–H groups in total. The molecule has 1 aliphatic rings. The number of benzene rings is 1. The molecular formula is C18H24N2O2. The van der Waals surface area contributed by atoms with Gasteiger partial charge in [0.25, 0.3) is 0 Å². The lowest BCUT2D eigenvalue weighted by Crippen LogP contribution is -2.32. The molecule has 0 saturated carbocycles. The summed E-state index contributed by atoms with van der Waals surface area (Å²) in [7, 11) is 0. The molecule has 1 aromatic carbocycles. The Morgan fingerprint density at radius 2 is 1.95 bits per heavy atom. The summed E-state index contributed by atoms with van der Waals surface area (Å²) in [5.41, 5.74) is 2.21. The molecule has 1 aromatic rings. The van der Waals surface area contributed by atoms with Crippen molar-refractivity contribution in [2.24, 2.45) is 5.92 Å². The molecule has 1 saturated heterocycles. The van der Waals surface area contributed by atoms with Crippen molar-refractivity contribution in [3.8, 4) is 12.3 Å². The van der Waals surface area contributed by atoms with Crippen LogP contribution >= 0.6 is 0 Å². The molecule has 118 valence electrons. The average Bonchev–Trinajstić information content (AvgIpc) is 2.55. The molecule has 1 aliphatic heterocycles. The highest BCUT2D eigenvalue weighted by atomic mass is 16.4. The smallest absolute Gasteiger partial charge is 0.308 e. The standard InChI is InChI=1S/C18H24N2O2/c1-3-11-20(14-15(2)18(21)22)17-9-7-16(8-10-17)19-12-5-4-6-13-19/h1,7-10,15H,4-6,11-14H2,2H3,(H,21,22). The van der Waals surface area contributed by atoms with E-state index < -0.39 is 11.9 Å². The first-order valence-corrected chi connectivity index (χ1v) is 7.88. The van der Waals surface area contributed by atoms with Crippen LogP contribution in [0.1, 0.15) is 26.2 Å². The van der Waals surface area contributed by atoms with Gasteiger partial charge in [-0.1, -0.05) is 12.8 Å². The first kappa shape index (κ1) is 16.2. The normalized spacial score (nSPS) is 15.9. The van der Waals surface area contributed by atoms with Crippen LogP contribution in [0.25, 0.3) is 0 Å². The second-order valence-electron chi connectivity index (χ2n) is 5.89. The number of piperidine rings is 1. The van der Waals surface area contributed by atoms with Crippen LogP contribution in [-0.4, -0.2) is 37.3 Å². The van der Waals surface area contributed by atoms with Crippen LogP contribution in [0.4, 0.5) is 11.4 Å². The first-order valence-electron chi connectivity index (χ1n) is 7.88. The Hall–Kier alpha value is -2.15. The summed E-state index contributed by atoms with van der Waals surface area (Å²) in [4.78, 5) is 15.4. The fraction of sp³-hybridized carbons (Fsp3) is 0.500. The molecule has 0 radical (unpaired) electrons. The monoisotopic (exact) mass is 300 g/mol. The maximum absolute atomic E-state index is 11.0. The maximum Gasteiger partial charge on any atom is 0.308 e. The van der Waals surface area contributed by atoms with Crippen LogP contribution in [0.3, 0.4) is 0 Å². The number of nitrogens with zero attached hydrogens (tertiary/aromatic N) is 2. The van der Waals surface area contributed by atoms with Gasteiger partial charge in [-0.3, -0.25) is 4.79 Å². The summed E-state index contributed by atoms with van der Waals surface area (Å²) in [5, 5.41) is 9.08. The van der Waals surface area contributed by atoms with E-state index in [1.807, 2.05) is 17.0 Å². The molecule has 4 heteroatoms. The van der Waals surface area contributed by atoms with Gasteiger partial charge in [0.15, 0.2) is 0 Å². The van der Waals surface area contributed by atoms with E-state index in [1.54, 1.807) is 6.92 Å². The fourth-order valence-electron chi connectivity index (χ4n) is 2.81. The van der Waals surface area contributed by atoms with Gasteiger partial charge in [0.1, 0.15) is 0 Å². The third-order valence-corrected chi connectivity index (χ3v) is 4.13. The number of carboxylic acid groups (broad SMARTS) is 1. The molecule has 2 rings (SSSR count). The SMILES string of the molecule is C#CCN(CC(C)C(=O)O)c1ccc(N2CCCCC2)cc1. The van der Waals surface area contributed by atoms with Gasteiger partial charge in [0, 0.05) is 31.0 Å². The highest BCUT2D eigenvalue weighted by Crippen LogP contribution is 2.24. The zero-order chi connectivity index (χ0) is 15.9. The van der Waals surface area contributed by atoms with E-state index in [1.165, 1.54) is 24.9 Å². The van der Waals surface area contributed by atoms with Gasteiger partial charge in [0.2, 0.25) is 0 Å². The highest BCUT2D eigenvalue weighted by Gasteiger charge is 2.17. The fourth-order valence-corrected chi connectivity index (χ4v) is 2.81. The Bertz CT molecular complexity index is 527. The largest absolute Gasteiger partial charge is 0.481 e. The number of carbonyl (C=O) groups is 1. The molecule has 0 spiro atoms. The first-order chi connectivity index (χ1) is 10.6. The van der Waals surface area contributed by atoms with Crippen molar-refractivity contribution in [2.75, 3.05) is 36.0 Å². The maximum atomic E-state index is 11.0. The van der Waals surface area contributed by atoms with Gasteiger partial charge < -0.3 is 14.9 Å². The molecule has 1 heterocycles.